The van der Waals surface area contributed by atoms with Gasteiger partial charge in [-0.25, -0.2) is 13.4 Å². The van der Waals surface area contributed by atoms with Gasteiger partial charge >= 0.3 is 6.18 Å². The first-order valence-corrected chi connectivity index (χ1v) is 11.2. The Hall–Kier alpha value is -3.56. The van der Waals surface area contributed by atoms with E-state index < -0.39 is 46.9 Å². The summed E-state index contributed by atoms with van der Waals surface area (Å²) in [4.78, 5) is 31.3. The average Bonchev–Trinajstić information content (AvgIpc) is 2.68. The van der Waals surface area contributed by atoms with Gasteiger partial charge in [0.2, 0.25) is 28.2 Å². The zero-order chi connectivity index (χ0) is 24.6. The molecule has 1 aliphatic rings. The lowest BCUT2D eigenvalue weighted by Gasteiger charge is -2.21. The summed E-state index contributed by atoms with van der Waals surface area (Å²) in [6.07, 6.45) is -4.57. The molecule has 1 atom stereocenters. The van der Waals surface area contributed by atoms with E-state index in [0.29, 0.717) is 11.3 Å². The Kier molecular flexibility index (Phi) is 8.44. The van der Waals surface area contributed by atoms with E-state index in [4.69, 9.17) is 5.73 Å². The van der Waals surface area contributed by atoms with Crippen molar-refractivity contribution in [2.75, 3.05) is 24.7 Å². The molecular formula is C17H22F3N7O5S. The summed E-state index contributed by atoms with van der Waals surface area (Å²) in [6.45, 7) is -1.40. The van der Waals surface area contributed by atoms with E-state index in [1.807, 2.05) is 4.72 Å². The first kappa shape index (κ1) is 25.7. The molecule has 0 radical (unpaired) electrons. The predicted octanol–water partition coefficient (Wildman–Crippen LogP) is -0.179. The molecule has 1 heterocycles. The second-order valence-electron chi connectivity index (χ2n) is 6.73. The van der Waals surface area contributed by atoms with Crippen molar-refractivity contribution < 1.29 is 35.9 Å². The number of amidine groups is 1. The third-order valence-corrected chi connectivity index (χ3v) is 4.32. The molecule has 0 saturated heterocycles. The Morgan fingerprint density at radius 3 is 2.48 bits per heavy atom. The number of ether oxygens (including phenoxy) is 1. The predicted molar refractivity (Wildman–Crippen MR) is 113 cm³/mol. The van der Waals surface area contributed by atoms with Crippen molar-refractivity contribution in [3.63, 3.8) is 0 Å². The van der Waals surface area contributed by atoms with Crippen molar-refractivity contribution >= 4 is 39.5 Å². The molecule has 0 aromatic heterocycles. The molecule has 1 unspecified atom stereocenters. The first-order chi connectivity index (χ1) is 15.3. The second-order valence-corrected chi connectivity index (χ2v) is 8.48. The standard InChI is InChI=1S/C17H22F3N7O5S/c1-33(30,31)27-12(28)3-2-8-22-13(29)10-4-6-11(7-5-10)23-15-24-14(21)25-16(26-15)32-9-17(18,19)20/h4-7,15,23H,2-3,8-9H2,1H3,(H,22,29)(H,27,28)(H3,21,24,25,26). The van der Waals surface area contributed by atoms with Gasteiger partial charge in [-0.2, -0.15) is 18.2 Å². The van der Waals surface area contributed by atoms with E-state index in [2.05, 4.69) is 30.7 Å². The van der Waals surface area contributed by atoms with Crippen LogP contribution in [-0.4, -0.2) is 64.1 Å². The van der Waals surface area contributed by atoms with Crippen molar-refractivity contribution in [3.05, 3.63) is 29.8 Å². The highest BCUT2D eigenvalue weighted by atomic mass is 32.2. The Morgan fingerprint density at radius 2 is 1.88 bits per heavy atom. The summed E-state index contributed by atoms with van der Waals surface area (Å²) in [5.41, 5.74) is 6.28. The molecule has 16 heteroatoms. The van der Waals surface area contributed by atoms with Gasteiger partial charge in [0.15, 0.2) is 6.61 Å². The number of halogens is 3. The molecular weight excluding hydrogens is 471 g/mol. The van der Waals surface area contributed by atoms with Crippen LogP contribution in [0.4, 0.5) is 18.9 Å². The Labute approximate surface area is 186 Å². The van der Waals surface area contributed by atoms with Crippen LogP contribution in [0.5, 0.6) is 0 Å². The minimum absolute atomic E-state index is 0.0781. The molecule has 1 aromatic rings. The van der Waals surface area contributed by atoms with Gasteiger partial charge in [0, 0.05) is 24.2 Å². The molecule has 0 aliphatic carbocycles. The van der Waals surface area contributed by atoms with E-state index in [0.717, 1.165) is 6.26 Å². The monoisotopic (exact) mass is 493 g/mol. The van der Waals surface area contributed by atoms with Crippen LogP contribution in [0.1, 0.15) is 23.2 Å². The Balaban J connectivity index is 1.84. The maximum Gasteiger partial charge on any atom is 0.422 e. The van der Waals surface area contributed by atoms with Crippen LogP contribution in [0, 0.1) is 0 Å². The molecule has 33 heavy (non-hydrogen) atoms. The van der Waals surface area contributed by atoms with E-state index in [1.165, 1.54) is 24.3 Å². The smallest absolute Gasteiger partial charge is 0.422 e. The highest BCUT2D eigenvalue weighted by molar-refractivity contribution is 7.89. The first-order valence-electron chi connectivity index (χ1n) is 9.34. The number of sulfonamides is 1. The molecule has 0 fully saturated rings. The maximum absolute atomic E-state index is 12.3. The molecule has 2 amide bonds. The largest absolute Gasteiger partial charge is 0.455 e. The minimum atomic E-state index is -4.55. The van der Waals surface area contributed by atoms with Gasteiger partial charge in [0.1, 0.15) is 0 Å². The van der Waals surface area contributed by atoms with Gasteiger partial charge in [-0.3, -0.25) is 19.6 Å². The summed E-state index contributed by atoms with van der Waals surface area (Å²) in [6, 6.07) is 5.56. The van der Waals surface area contributed by atoms with Gasteiger partial charge in [-0.1, -0.05) is 0 Å². The normalized spacial score (nSPS) is 16.1. The SMILES string of the molecule is CS(=O)(=O)NC(=O)CCCNC(=O)c1ccc(NC2N=C(N)NC(OCC(F)(F)F)=N2)cc1. The summed E-state index contributed by atoms with van der Waals surface area (Å²) in [7, 11) is -3.62. The van der Waals surface area contributed by atoms with Crippen LogP contribution in [0.3, 0.4) is 0 Å². The zero-order valence-corrected chi connectivity index (χ0v) is 18.1. The third-order valence-electron chi connectivity index (χ3n) is 3.72. The van der Waals surface area contributed by atoms with E-state index in [-0.39, 0.29) is 25.3 Å². The van der Waals surface area contributed by atoms with Crippen molar-refractivity contribution in [1.82, 2.24) is 15.4 Å². The number of nitrogens with zero attached hydrogens (tertiary/aromatic N) is 2. The molecule has 0 bridgehead atoms. The molecule has 12 nitrogen and oxygen atoms in total. The number of carbonyl (C=O) groups excluding carboxylic acids is 2. The van der Waals surface area contributed by atoms with Crippen LogP contribution in [0.25, 0.3) is 0 Å². The molecule has 0 spiro atoms. The van der Waals surface area contributed by atoms with E-state index >= 15 is 0 Å². The molecule has 2 rings (SSSR count). The Morgan fingerprint density at radius 1 is 1.21 bits per heavy atom. The van der Waals surface area contributed by atoms with Crippen LogP contribution in [0.15, 0.2) is 34.3 Å². The number of alkyl halides is 3. The summed E-state index contributed by atoms with van der Waals surface area (Å²) < 4.78 is 65.1. The van der Waals surface area contributed by atoms with Crippen molar-refractivity contribution in [2.24, 2.45) is 15.7 Å². The number of guanidine groups is 1. The van der Waals surface area contributed by atoms with Crippen molar-refractivity contribution in [3.8, 4) is 0 Å². The molecule has 1 aromatic carbocycles. The van der Waals surface area contributed by atoms with Gasteiger partial charge in [-0.15, -0.1) is 0 Å². The van der Waals surface area contributed by atoms with Gasteiger partial charge in [0.25, 0.3) is 11.9 Å². The number of hydrogen-bond acceptors (Lipinski definition) is 10. The summed E-state index contributed by atoms with van der Waals surface area (Å²) >= 11 is 0. The molecule has 6 N–H and O–H groups in total. The maximum atomic E-state index is 12.3. The fourth-order valence-corrected chi connectivity index (χ4v) is 2.93. The number of carbonyl (C=O) groups is 2. The fourth-order valence-electron chi connectivity index (χ4n) is 2.41. The number of anilines is 1. The molecule has 0 saturated carbocycles. The van der Waals surface area contributed by atoms with Crippen molar-refractivity contribution in [2.45, 2.75) is 25.3 Å². The fraction of sp³-hybridized carbons (Fsp3) is 0.412. The highest BCUT2D eigenvalue weighted by Crippen LogP contribution is 2.16. The van der Waals surface area contributed by atoms with Gasteiger partial charge in [-0.05, 0) is 30.7 Å². The lowest BCUT2D eigenvalue weighted by atomic mass is 10.2. The zero-order valence-electron chi connectivity index (χ0n) is 17.3. The number of amides is 2. The number of aliphatic imine (C=N–C) groups is 2. The number of nitrogens with one attached hydrogen (secondary N) is 4. The number of hydrogen-bond donors (Lipinski definition) is 5. The number of nitrogens with two attached hydrogens (primary N) is 1. The summed E-state index contributed by atoms with van der Waals surface area (Å²) in [5.74, 6) is -1.28. The van der Waals surface area contributed by atoms with Crippen LogP contribution < -0.4 is 26.4 Å². The number of rotatable bonds is 9. The van der Waals surface area contributed by atoms with Gasteiger partial charge < -0.3 is 21.1 Å². The van der Waals surface area contributed by atoms with Crippen LogP contribution in [0.2, 0.25) is 0 Å². The third kappa shape index (κ3) is 10.1. The van der Waals surface area contributed by atoms with Gasteiger partial charge in [0.05, 0.1) is 6.26 Å². The minimum Gasteiger partial charge on any atom is -0.455 e. The Bertz CT molecular complexity index is 1030. The second kappa shape index (κ2) is 10.8. The number of benzene rings is 1. The molecule has 1 aliphatic heterocycles. The lowest BCUT2D eigenvalue weighted by Crippen LogP contribution is -2.45. The lowest BCUT2D eigenvalue weighted by molar-refractivity contribution is -0.156. The van der Waals surface area contributed by atoms with E-state index in [9.17, 15) is 31.2 Å². The average molecular weight is 493 g/mol. The van der Waals surface area contributed by atoms with Crippen LogP contribution >= 0.6 is 0 Å². The quantitative estimate of drug-likeness (QED) is 0.294. The van der Waals surface area contributed by atoms with Crippen molar-refractivity contribution in [1.29, 1.82) is 0 Å². The van der Waals surface area contributed by atoms with E-state index in [1.54, 1.807) is 0 Å². The van der Waals surface area contributed by atoms with Crippen LogP contribution in [-0.2, 0) is 19.6 Å². The topological polar surface area (TPSA) is 176 Å². The summed E-state index contributed by atoms with van der Waals surface area (Å²) in [5, 5.41) is 7.68. The highest BCUT2D eigenvalue weighted by Gasteiger charge is 2.30. The molecule has 182 valence electrons.